The van der Waals surface area contributed by atoms with E-state index in [1.807, 2.05) is 4.90 Å². The molecule has 108 valence electrons. The maximum atomic E-state index is 12.5. The highest BCUT2D eigenvalue weighted by molar-refractivity contribution is 5.83. The predicted molar refractivity (Wildman–Crippen MR) is 70.9 cm³/mol. The molecule has 19 heavy (non-hydrogen) atoms. The Hall–Kier alpha value is -1.30. The van der Waals surface area contributed by atoms with Crippen LogP contribution in [0.5, 0.6) is 0 Å². The molecule has 0 bridgehead atoms. The molecular formula is C13H23N3O3. The van der Waals surface area contributed by atoms with Crippen LogP contribution in [0.15, 0.2) is 5.16 Å². The van der Waals surface area contributed by atoms with Crippen LogP contribution in [0.4, 0.5) is 0 Å². The number of ether oxygens (including phenoxy) is 1. The van der Waals surface area contributed by atoms with Gasteiger partial charge in [0, 0.05) is 25.6 Å². The van der Waals surface area contributed by atoms with Crippen LogP contribution in [0.2, 0.25) is 0 Å². The van der Waals surface area contributed by atoms with E-state index in [0.717, 1.165) is 25.7 Å². The lowest BCUT2D eigenvalue weighted by molar-refractivity contribution is -0.138. The Labute approximate surface area is 113 Å². The van der Waals surface area contributed by atoms with Crippen molar-refractivity contribution in [2.24, 2.45) is 22.7 Å². The first-order valence-electron chi connectivity index (χ1n) is 7.05. The molecule has 0 radical (unpaired) electrons. The molecule has 1 amide bonds. The first-order valence-corrected chi connectivity index (χ1v) is 7.05. The average molecular weight is 269 g/mol. The Morgan fingerprint density at radius 3 is 2.68 bits per heavy atom. The van der Waals surface area contributed by atoms with Gasteiger partial charge in [-0.05, 0) is 25.7 Å². The van der Waals surface area contributed by atoms with Crippen LogP contribution in [-0.2, 0) is 9.53 Å². The first-order chi connectivity index (χ1) is 9.17. The molecule has 2 heterocycles. The van der Waals surface area contributed by atoms with E-state index < -0.39 is 0 Å². The minimum absolute atomic E-state index is 0.0189. The van der Waals surface area contributed by atoms with E-state index in [9.17, 15) is 4.79 Å². The standard InChI is InChI=1S/C13H23N3O3/c1-2-11-10(5-8-19-11)13(17)16-6-3-9(4-7-16)12(14)15-18/h9-11,18H,2-8H2,1H3,(H2,14,15). The molecule has 0 saturated carbocycles. The number of rotatable bonds is 3. The molecule has 6 nitrogen and oxygen atoms in total. The van der Waals surface area contributed by atoms with E-state index in [2.05, 4.69) is 12.1 Å². The lowest BCUT2D eigenvalue weighted by Gasteiger charge is -2.33. The average Bonchev–Trinajstić information content (AvgIpc) is 2.94. The number of amidine groups is 1. The predicted octanol–water partition coefficient (Wildman–Crippen LogP) is 0.786. The molecule has 2 aliphatic rings. The maximum absolute atomic E-state index is 12.5. The normalized spacial score (nSPS) is 29.7. The molecule has 2 atom stereocenters. The van der Waals surface area contributed by atoms with Gasteiger partial charge in [0.2, 0.25) is 5.91 Å². The summed E-state index contributed by atoms with van der Waals surface area (Å²) in [7, 11) is 0. The van der Waals surface area contributed by atoms with Gasteiger partial charge in [0.1, 0.15) is 5.84 Å². The van der Waals surface area contributed by atoms with Crippen molar-refractivity contribution in [3.05, 3.63) is 0 Å². The quantitative estimate of drug-likeness (QED) is 0.343. The molecule has 2 fully saturated rings. The lowest BCUT2D eigenvalue weighted by atomic mass is 9.92. The number of piperidine rings is 1. The van der Waals surface area contributed by atoms with Gasteiger partial charge in [-0.3, -0.25) is 4.79 Å². The molecule has 2 aliphatic heterocycles. The van der Waals surface area contributed by atoms with Gasteiger partial charge in [-0.25, -0.2) is 0 Å². The van der Waals surface area contributed by atoms with Gasteiger partial charge in [-0.15, -0.1) is 0 Å². The van der Waals surface area contributed by atoms with Crippen molar-refractivity contribution in [1.82, 2.24) is 4.90 Å². The fourth-order valence-corrected chi connectivity index (χ4v) is 3.05. The van der Waals surface area contributed by atoms with Crippen molar-refractivity contribution in [3.63, 3.8) is 0 Å². The highest BCUT2D eigenvalue weighted by Crippen LogP contribution is 2.27. The zero-order valence-corrected chi connectivity index (χ0v) is 11.4. The van der Waals surface area contributed by atoms with Gasteiger partial charge in [-0.1, -0.05) is 12.1 Å². The van der Waals surface area contributed by atoms with Crippen LogP contribution in [0.3, 0.4) is 0 Å². The Kier molecular flexibility index (Phi) is 4.63. The second-order valence-electron chi connectivity index (χ2n) is 5.34. The third kappa shape index (κ3) is 3.00. The monoisotopic (exact) mass is 269 g/mol. The number of likely N-dealkylation sites (tertiary alicyclic amines) is 1. The van der Waals surface area contributed by atoms with E-state index in [1.165, 1.54) is 0 Å². The van der Waals surface area contributed by atoms with E-state index in [4.69, 9.17) is 15.7 Å². The number of nitrogens with two attached hydrogens (primary N) is 1. The molecule has 0 aromatic rings. The van der Waals surface area contributed by atoms with Crippen LogP contribution in [0, 0.1) is 11.8 Å². The highest BCUT2D eigenvalue weighted by atomic mass is 16.5. The van der Waals surface area contributed by atoms with Crippen LogP contribution in [0.25, 0.3) is 0 Å². The minimum Gasteiger partial charge on any atom is -0.409 e. The molecule has 2 saturated heterocycles. The molecule has 0 aromatic carbocycles. The summed E-state index contributed by atoms with van der Waals surface area (Å²) in [6, 6.07) is 0. The van der Waals surface area contributed by atoms with Gasteiger partial charge in [0.25, 0.3) is 0 Å². The molecular weight excluding hydrogens is 246 g/mol. The zero-order chi connectivity index (χ0) is 13.8. The van der Waals surface area contributed by atoms with Crippen molar-refractivity contribution in [2.45, 2.75) is 38.7 Å². The first kappa shape index (κ1) is 14.1. The second-order valence-corrected chi connectivity index (χ2v) is 5.34. The van der Waals surface area contributed by atoms with E-state index in [-0.39, 0.29) is 29.7 Å². The lowest BCUT2D eigenvalue weighted by Crippen LogP contribution is -2.45. The van der Waals surface area contributed by atoms with Gasteiger partial charge in [-0.2, -0.15) is 0 Å². The van der Waals surface area contributed by atoms with Crippen molar-refractivity contribution in [2.75, 3.05) is 19.7 Å². The molecule has 6 heteroatoms. The molecule has 0 aromatic heterocycles. The summed E-state index contributed by atoms with van der Waals surface area (Å²) in [5.74, 6) is 0.603. The van der Waals surface area contributed by atoms with Gasteiger partial charge < -0.3 is 20.6 Å². The molecule has 3 N–H and O–H groups in total. The topological polar surface area (TPSA) is 88.2 Å². The molecule has 2 rings (SSSR count). The van der Waals surface area contributed by atoms with Crippen LogP contribution < -0.4 is 5.73 Å². The summed E-state index contributed by atoms with van der Waals surface area (Å²) in [5, 5.41) is 11.7. The number of nitrogens with zero attached hydrogens (tertiary/aromatic N) is 2. The van der Waals surface area contributed by atoms with Gasteiger partial charge in [0.05, 0.1) is 12.0 Å². The Bertz CT molecular complexity index is 351. The maximum Gasteiger partial charge on any atom is 0.228 e. The molecule has 0 aliphatic carbocycles. The fraction of sp³-hybridized carbons (Fsp3) is 0.846. The highest BCUT2D eigenvalue weighted by Gasteiger charge is 2.36. The number of carbonyl (C=O) groups is 1. The SMILES string of the molecule is CCC1OCCC1C(=O)N1CCC(C(N)=NO)CC1. The number of hydrogen-bond donors (Lipinski definition) is 2. The van der Waals surface area contributed by atoms with Crippen molar-refractivity contribution >= 4 is 11.7 Å². The summed E-state index contributed by atoms with van der Waals surface area (Å²) in [4.78, 5) is 14.4. The van der Waals surface area contributed by atoms with Crippen LogP contribution in [0.1, 0.15) is 32.6 Å². The van der Waals surface area contributed by atoms with Crippen LogP contribution >= 0.6 is 0 Å². The summed E-state index contributed by atoms with van der Waals surface area (Å²) >= 11 is 0. The molecule has 2 unspecified atom stereocenters. The smallest absolute Gasteiger partial charge is 0.228 e. The van der Waals surface area contributed by atoms with Gasteiger partial charge >= 0.3 is 0 Å². The van der Waals surface area contributed by atoms with Crippen molar-refractivity contribution < 1.29 is 14.7 Å². The summed E-state index contributed by atoms with van der Waals surface area (Å²) in [6.45, 7) is 4.12. The largest absolute Gasteiger partial charge is 0.409 e. The number of hydrogen-bond acceptors (Lipinski definition) is 4. The Morgan fingerprint density at radius 1 is 1.42 bits per heavy atom. The summed E-state index contributed by atoms with van der Waals surface area (Å²) in [6.07, 6.45) is 3.33. The third-order valence-electron chi connectivity index (χ3n) is 4.27. The summed E-state index contributed by atoms with van der Waals surface area (Å²) in [5.41, 5.74) is 5.61. The number of amides is 1. The second kappa shape index (κ2) is 6.23. The van der Waals surface area contributed by atoms with E-state index in [1.54, 1.807) is 0 Å². The van der Waals surface area contributed by atoms with E-state index >= 15 is 0 Å². The number of carbonyl (C=O) groups excluding carboxylic acids is 1. The molecule has 0 spiro atoms. The Morgan fingerprint density at radius 2 is 2.11 bits per heavy atom. The fourth-order valence-electron chi connectivity index (χ4n) is 3.05. The minimum atomic E-state index is 0.0189. The van der Waals surface area contributed by atoms with Crippen molar-refractivity contribution in [3.8, 4) is 0 Å². The Balaban J connectivity index is 1.89. The number of oxime groups is 1. The third-order valence-corrected chi connectivity index (χ3v) is 4.27. The summed E-state index contributed by atoms with van der Waals surface area (Å²) < 4.78 is 5.58. The van der Waals surface area contributed by atoms with Crippen LogP contribution in [-0.4, -0.2) is 47.7 Å². The van der Waals surface area contributed by atoms with E-state index in [0.29, 0.717) is 19.7 Å². The van der Waals surface area contributed by atoms with Crippen molar-refractivity contribution in [1.29, 1.82) is 0 Å². The van der Waals surface area contributed by atoms with Gasteiger partial charge in [0.15, 0.2) is 0 Å². The zero-order valence-electron chi connectivity index (χ0n) is 11.4.